The first-order valence-electron chi connectivity index (χ1n) is 7.61. The van der Waals surface area contributed by atoms with Gasteiger partial charge in [0.05, 0.1) is 13.1 Å². The van der Waals surface area contributed by atoms with Crippen molar-refractivity contribution in [2.45, 2.75) is 52.4 Å². The molecule has 1 aromatic rings. The zero-order valence-corrected chi connectivity index (χ0v) is 13.6. The van der Waals surface area contributed by atoms with Crippen LogP contribution in [0.5, 0.6) is 0 Å². The molecule has 0 bridgehead atoms. The summed E-state index contributed by atoms with van der Waals surface area (Å²) < 4.78 is 5.91. The van der Waals surface area contributed by atoms with Crippen LogP contribution in [0, 0.1) is 0 Å². The summed E-state index contributed by atoms with van der Waals surface area (Å²) >= 11 is 0. The van der Waals surface area contributed by atoms with Crippen molar-refractivity contribution >= 4 is 0 Å². The molecule has 4 nitrogen and oxygen atoms in total. The van der Waals surface area contributed by atoms with Gasteiger partial charge in [-0.05, 0) is 33.0 Å². The normalized spacial score (nSPS) is 20.7. The summed E-state index contributed by atoms with van der Waals surface area (Å²) in [6.07, 6.45) is 0. The summed E-state index contributed by atoms with van der Waals surface area (Å²) in [6, 6.07) is 4.69. The molecule has 1 aromatic heterocycles. The van der Waals surface area contributed by atoms with Crippen molar-refractivity contribution < 1.29 is 4.42 Å². The highest BCUT2D eigenvalue weighted by molar-refractivity contribution is 5.07. The quantitative estimate of drug-likeness (QED) is 0.896. The van der Waals surface area contributed by atoms with Crippen molar-refractivity contribution in [3.8, 4) is 0 Å². The summed E-state index contributed by atoms with van der Waals surface area (Å²) in [7, 11) is 2.21. The standard InChI is InChI=1S/C16H29N3O/c1-13(2)17-10-14-6-7-15(20-14)11-19-9-8-18(5)16(3,4)12-19/h6-7,13,17H,8-12H2,1-5H3. The maximum atomic E-state index is 5.91. The van der Waals surface area contributed by atoms with Crippen molar-refractivity contribution in [2.75, 3.05) is 26.7 Å². The van der Waals surface area contributed by atoms with Crippen LogP contribution >= 0.6 is 0 Å². The third-order valence-corrected chi connectivity index (χ3v) is 4.18. The molecule has 0 atom stereocenters. The van der Waals surface area contributed by atoms with Gasteiger partial charge < -0.3 is 9.73 Å². The Morgan fingerprint density at radius 1 is 1.25 bits per heavy atom. The molecule has 0 aromatic carbocycles. The van der Waals surface area contributed by atoms with Crippen LogP contribution in [0.15, 0.2) is 16.5 Å². The zero-order chi connectivity index (χ0) is 14.8. The van der Waals surface area contributed by atoms with E-state index in [0.29, 0.717) is 6.04 Å². The molecule has 114 valence electrons. The fourth-order valence-corrected chi connectivity index (χ4v) is 2.60. The number of hydrogen-bond acceptors (Lipinski definition) is 4. The molecular formula is C16H29N3O. The molecule has 0 unspecified atom stereocenters. The molecule has 20 heavy (non-hydrogen) atoms. The van der Waals surface area contributed by atoms with E-state index < -0.39 is 0 Å². The van der Waals surface area contributed by atoms with E-state index in [-0.39, 0.29) is 5.54 Å². The third kappa shape index (κ3) is 4.08. The minimum atomic E-state index is 0.243. The molecule has 1 aliphatic rings. The highest BCUT2D eigenvalue weighted by Crippen LogP contribution is 2.21. The summed E-state index contributed by atoms with van der Waals surface area (Å²) in [5.41, 5.74) is 0.243. The van der Waals surface area contributed by atoms with Gasteiger partial charge in [0, 0.05) is 31.2 Å². The van der Waals surface area contributed by atoms with Gasteiger partial charge in [0.15, 0.2) is 0 Å². The van der Waals surface area contributed by atoms with Crippen LogP contribution in [-0.2, 0) is 13.1 Å². The fourth-order valence-electron chi connectivity index (χ4n) is 2.60. The molecule has 4 heteroatoms. The Morgan fingerprint density at radius 3 is 2.60 bits per heavy atom. The molecule has 0 saturated carbocycles. The minimum Gasteiger partial charge on any atom is -0.463 e. The number of likely N-dealkylation sites (N-methyl/N-ethyl adjacent to an activating group) is 1. The Morgan fingerprint density at radius 2 is 1.95 bits per heavy atom. The Bertz CT molecular complexity index is 425. The molecule has 1 fully saturated rings. The number of nitrogens with zero attached hydrogens (tertiary/aromatic N) is 2. The maximum absolute atomic E-state index is 5.91. The number of rotatable bonds is 5. The Kier molecular flexibility index (Phi) is 4.89. The monoisotopic (exact) mass is 279 g/mol. The second kappa shape index (κ2) is 6.29. The van der Waals surface area contributed by atoms with Crippen LogP contribution < -0.4 is 5.32 Å². The first-order chi connectivity index (χ1) is 9.37. The predicted molar refractivity (Wildman–Crippen MR) is 82.7 cm³/mol. The van der Waals surface area contributed by atoms with E-state index in [9.17, 15) is 0 Å². The van der Waals surface area contributed by atoms with Crippen LogP contribution in [0.4, 0.5) is 0 Å². The van der Waals surface area contributed by atoms with Gasteiger partial charge in [-0.15, -0.1) is 0 Å². The average Bonchev–Trinajstić information content (AvgIpc) is 2.79. The Hall–Kier alpha value is -0.840. The number of piperazine rings is 1. The van der Waals surface area contributed by atoms with E-state index in [0.717, 1.165) is 44.2 Å². The van der Waals surface area contributed by atoms with Gasteiger partial charge in [-0.3, -0.25) is 9.80 Å². The lowest BCUT2D eigenvalue weighted by molar-refractivity contribution is 0.0326. The second-order valence-corrected chi connectivity index (χ2v) is 6.85. The van der Waals surface area contributed by atoms with E-state index >= 15 is 0 Å². The number of hydrogen-bond donors (Lipinski definition) is 1. The zero-order valence-electron chi connectivity index (χ0n) is 13.6. The molecule has 0 radical (unpaired) electrons. The summed E-state index contributed by atoms with van der Waals surface area (Å²) in [5.74, 6) is 2.10. The predicted octanol–water partition coefficient (Wildman–Crippen LogP) is 2.30. The van der Waals surface area contributed by atoms with E-state index in [1.807, 2.05) is 0 Å². The average molecular weight is 279 g/mol. The molecule has 2 heterocycles. The fraction of sp³-hybridized carbons (Fsp3) is 0.750. The van der Waals surface area contributed by atoms with Gasteiger partial charge in [-0.2, -0.15) is 0 Å². The number of nitrogens with one attached hydrogen (secondary N) is 1. The smallest absolute Gasteiger partial charge is 0.118 e. The number of furan rings is 1. The van der Waals surface area contributed by atoms with Gasteiger partial charge in [0.1, 0.15) is 11.5 Å². The summed E-state index contributed by atoms with van der Waals surface area (Å²) in [6.45, 7) is 14.0. The van der Waals surface area contributed by atoms with Gasteiger partial charge in [0.25, 0.3) is 0 Å². The molecule has 0 amide bonds. The van der Waals surface area contributed by atoms with Crippen molar-refractivity contribution in [1.29, 1.82) is 0 Å². The van der Waals surface area contributed by atoms with Crippen molar-refractivity contribution in [2.24, 2.45) is 0 Å². The Labute approximate surface area is 123 Å². The summed E-state index contributed by atoms with van der Waals surface area (Å²) in [4.78, 5) is 4.92. The van der Waals surface area contributed by atoms with Crippen LogP contribution in [0.3, 0.4) is 0 Å². The van der Waals surface area contributed by atoms with Gasteiger partial charge in [-0.1, -0.05) is 13.8 Å². The first-order valence-corrected chi connectivity index (χ1v) is 7.61. The van der Waals surface area contributed by atoms with Crippen molar-refractivity contribution in [3.63, 3.8) is 0 Å². The lowest BCUT2D eigenvalue weighted by Crippen LogP contribution is -2.57. The molecule has 1 aliphatic heterocycles. The van der Waals surface area contributed by atoms with Crippen molar-refractivity contribution in [1.82, 2.24) is 15.1 Å². The highest BCUT2D eigenvalue weighted by Gasteiger charge is 2.31. The summed E-state index contributed by atoms with van der Waals surface area (Å²) in [5, 5.41) is 3.38. The highest BCUT2D eigenvalue weighted by atomic mass is 16.3. The van der Waals surface area contributed by atoms with E-state index in [4.69, 9.17) is 4.42 Å². The third-order valence-electron chi connectivity index (χ3n) is 4.18. The van der Waals surface area contributed by atoms with E-state index in [1.54, 1.807) is 0 Å². The van der Waals surface area contributed by atoms with E-state index in [1.165, 1.54) is 0 Å². The van der Waals surface area contributed by atoms with Crippen LogP contribution in [0.25, 0.3) is 0 Å². The van der Waals surface area contributed by atoms with Crippen LogP contribution in [0.2, 0.25) is 0 Å². The molecule has 2 rings (SSSR count). The van der Waals surface area contributed by atoms with Crippen molar-refractivity contribution in [3.05, 3.63) is 23.7 Å². The second-order valence-electron chi connectivity index (χ2n) is 6.85. The Balaban J connectivity index is 1.87. The largest absolute Gasteiger partial charge is 0.463 e. The SMILES string of the molecule is CC(C)NCc1ccc(CN2CCN(C)C(C)(C)C2)o1. The molecule has 0 spiro atoms. The lowest BCUT2D eigenvalue weighted by atomic mass is 10.00. The molecular weight excluding hydrogens is 250 g/mol. The van der Waals surface area contributed by atoms with Crippen LogP contribution in [0.1, 0.15) is 39.2 Å². The molecule has 0 aliphatic carbocycles. The van der Waals surface area contributed by atoms with Gasteiger partial charge in [0.2, 0.25) is 0 Å². The van der Waals surface area contributed by atoms with Crippen LogP contribution in [-0.4, -0.2) is 48.1 Å². The topological polar surface area (TPSA) is 31.6 Å². The molecule has 1 N–H and O–H groups in total. The minimum absolute atomic E-state index is 0.243. The molecule has 1 saturated heterocycles. The lowest BCUT2D eigenvalue weighted by Gasteiger charge is -2.45. The first kappa shape index (κ1) is 15.5. The van der Waals surface area contributed by atoms with Gasteiger partial charge >= 0.3 is 0 Å². The van der Waals surface area contributed by atoms with E-state index in [2.05, 4.69) is 62.0 Å². The maximum Gasteiger partial charge on any atom is 0.118 e. The van der Waals surface area contributed by atoms with Gasteiger partial charge in [-0.25, -0.2) is 0 Å².